The quantitative estimate of drug-likeness (QED) is 0.653. The second-order valence-electron chi connectivity index (χ2n) is 6.06. The molecule has 6 nitrogen and oxygen atoms in total. The SMILES string of the molecule is CCCC[C@H](CC)C(=O)N(Cc1nc(C(=O)OC)co1)C1CC1. The molecule has 0 unspecified atom stereocenters. The lowest BCUT2D eigenvalue weighted by Crippen LogP contribution is -2.37. The fourth-order valence-corrected chi connectivity index (χ4v) is 2.69. The highest BCUT2D eigenvalue weighted by Crippen LogP contribution is 2.31. The number of carbonyl (C=O) groups excluding carboxylic acids is 2. The lowest BCUT2D eigenvalue weighted by Gasteiger charge is -2.25. The van der Waals surface area contributed by atoms with Gasteiger partial charge in [0.15, 0.2) is 5.69 Å². The normalized spacial score (nSPS) is 15.3. The zero-order valence-corrected chi connectivity index (χ0v) is 14.2. The molecular weight excluding hydrogens is 296 g/mol. The number of esters is 1. The molecule has 1 amide bonds. The number of methoxy groups -OCH3 is 1. The molecule has 6 heteroatoms. The first-order valence-electron chi connectivity index (χ1n) is 8.43. The minimum absolute atomic E-state index is 0.0607. The van der Waals surface area contributed by atoms with E-state index in [2.05, 4.69) is 23.6 Å². The van der Waals surface area contributed by atoms with Crippen molar-refractivity contribution in [2.45, 2.75) is 65.0 Å². The highest BCUT2D eigenvalue weighted by atomic mass is 16.5. The molecule has 1 saturated carbocycles. The van der Waals surface area contributed by atoms with Crippen LogP contribution in [0, 0.1) is 5.92 Å². The fraction of sp³-hybridized carbons (Fsp3) is 0.706. The second kappa shape index (κ2) is 8.13. The molecule has 1 aliphatic carbocycles. The Morgan fingerprint density at radius 1 is 1.43 bits per heavy atom. The number of ether oxygens (including phenoxy) is 1. The molecule has 1 aromatic heterocycles. The summed E-state index contributed by atoms with van der Waals surface area (Å²) in [5.41, 5.74) is 0.142. The number of hydrogen-bond donors (Lipinski definition) is 0. The van der Waals surface area contributed by atoms with Crippen molar-refractivity contribution in [2.24, 2.45) is 5.92 Å². The van der Waals surface area contributed by atoms with E-state index in [0.717, 1.165) is 38.5 Å². The van der Waals surface area contributed by atoms with E-state index >= 15 is 0 Å². The maximum atomic E-state index is 12.8. The van der Waals surface area contributed by atoms with Crippen LogP contribution >= 0.6 is 0 Å². The van der Waals surface area contributed by atoms with E-state index in [1.807, 2.05) is 4.90 Å². The summed E-state index contributed by atoms with van der Waals surface area (Å²) in [4.78, 5) is 30.3. The van der Waals surface area contributed by atoms with Gasteiger partial charge in [0.25, 0.3) is 0 Å². The van der Waals surface area contributed by atoms with E-state index < -0.39 is 5.97 Å². The largest absolute Gasteiger partial charge is 0.464 e. The lowest BCUT2D eigenvalue weighted by atomic mass is 9.97. The Morgan fingerprint density at radius 2 is 2.17 bits per heavy atom. The molecule has 0 aromatic carbocycles. The average molecular weight is 322 g/mol. The summed E-state index contributed by atoms with van der Waals surface area (Å²) in [5.74, 6) is 0.0986. The van der Waals surface area contributed by atoms with E-state index in [-0.39, 0.29) is 23.6 Å². The standard InChI is InChI=1S/C17H26N2O4/c1-4-6-7-12(5-2)16(20)19(13-8-9-13)10-15-18-14(11-23-15)17(21)22-3/h11-13H,4-10H2,1-3H3/t12-/m0/s1. The van der Waals surface area contributed by atoms with Gasteiger partial charge in [-0.1, -0.05) is 26.7 Å². The van der Waals surface area contributed by atoms with Gasteiger partial charge in [0, 0.05) is 12.0 Å². The van der Waals surface area contributed by atoms with Gasteiger partial charge >= 0.3 is 5.97 Å². The van der Waals surface area contributed by atoms with Crippen LogP contribution in [0.5, 0.6) is 0 Å². The summed E-state index contributed by atoms with van der Waals surface area (Å²) in [6.07, 6.45) is 7.27. The Labute approximate surface area is 137 Å². The van der Waals surface area contributed by atoms with Crippen LogP contribution in [0.4, 0.5) is 0 Å². The van der Waals surface area contributed by atoms with Gasteiger partial charge in [0.2, 0.25) is 11.8 Å². The fourth-order valence-electron chi connectivity index (χ4n) is 2.69. The molecule has 23 heavy (non-hydrogen) atoms. The van der Waals surface area contributed by atoms with Gasteiger partial charge in [-0.15, -0.1) is 0 Å². The maximum Gasteiger partial charge on any atom is 0.360 e. The van der Waals surface area contributed by atoms with Gasteiger partial charge < -0.3 is 14.1 Å². The number of rotatable bonds is 9. The molecule has 128 valence electrons. The molecule has 0 saturated heterocycles. The zero-order chi connectivity index (χ0) is 16.8. The summed E-state index contributed by atoms with van der Waals surface area (Å²) in [5, 5.41) is 0. The Morgan fingerprint density at radius 3 is 2.74 bits per heavy atom. The minimum atomic E-state index is -0.529. The maximum absolute atomic E-state index is 12.8. The van der Waals surface area contributed by atoms with Gasteiger partial charge in [-0.3, -0.25) is 4.79 Å². The van der Waals surface area contributed by atoms with Crippen LogP contribution in [0.1, 0.15) is 68.8 Å². The van der Waals surface area contributed by atoms with Crippen LogP contribution in [0.3, 0.4) is 0 Å². The number of nitrogens with zero attached hydrogens (tertiary/aromatic N) is 2. The minimum Gasteiger partial charge on any atom is -0.464 e. The Balaban J connectivity index is 2.05. The van der Waals surface area contributed by atoms with Crippen LogP contribution in [-0.4, -0.2) is 34.9 Å². The predicted molar refractivity (Wildman–Crippen MR) is 84.7 cm³/mol. The summed E-state index contributed by atoms with van der Waals surface area (Å²) in [6.45, 7) is 4.52. The molecular formula is C17H26N2O4. The number of oxazole rings is 1. The molecule has 1 fully saturated rings. The van der Waals surface area contributed by atoms with E-state index in [1.165, 1.54) is 13.4 Å². The highest BCUT2D eigenvalue weighted by molar-refractivity contribution is 5.86. The Kier molecular flexibility index (Phi) is 6.19. The molecule has 0 bridgehead atoms. The number of unbranched alkanes of at least 4 members (excludes halogenated alkanes) is 1. The molecule has 0 N–H and O–H groups in total. The summed E-state index contributed by atoms with van der Waals surface area (Å²) >= 11 is 0. The van der Waals surface area contributed by atoms with Crippen LogP contribution in [0.25, 0.3) is 0 Å². The molecule has 1 aliphatic rings. The van der Waals surface area contributed by atoms with Crippen molar-refractivity contribution in [3.05, 3.63) is 17.8 Å². The molecule has 1 heterocycles. The summed E-state index contributed by atoms with van der Waals surface area (Å²) in [6, 6.07) is 0.284. The van der Waals surface area contributed by atoms with Gasteiger partial charge in [0.05, 0.1) is 13.7 Å². The third-order valence-electron chi connectivity index (χ3n) is 4.27. The average Bonchev–Trinajstić information content (AvgIpc) is 3.30. The van der Waals surface area contributed by atoms with Crippen molar-refractivity contribution in [3.63, 3.8) is 0 Å². The molecule has 2 rings (SSSR count). The molecule has 0 aliphatic heterocycles. The Hall–Kier alpha value is -1.85. The second-order valence-corrected chi connectivity index (χ2v) is 6.06. The number of hydrogen-bond acceptors (Lipinski definition) is 5. The highest BCUT2D eigenvalue weighted by Gasteiger charge is 2.36. The van der Waals surface area contributed by atoms with Crippen molar-refractivity contribution in [3.8, 4) is 0 Å². The topological polar surface area (TPSA) is 72.6 Å². The smallest absolute Gasteiger partial charge is 0.360 e. The van der Waals surface area contributed by atoms with Crippen molar-refractivity contribution >= 4 is 11.9 Å². The van der Waals surface area contributed by atoms with E-state index in [9.17, 15) is 9.59 Å². The lowest BCUT2D eigenvalue weighted by molar-refractivity contribution is -0.137. The first-order valence-corrected chi connectivity index (χ1v) is 8.43. The van der Waals surface area contributed by atoms with Crippen LogP contribution in [0.15, 0.2) is 10.7 Å². The van der Waals surface area contributed by atoms with E-state index in [4.69, 9.17) is 4.42 Å². The van der Waals surface area contributed by atoms with Gasteiger partial charge in [0.1, 0.15) is 6.26 Å². The first kappa shape index (κ1) is 17.5. The number of aromatic nitrogens is 1. The monoisotopic (exact) mass is 322 g/mol. The van der Waals surface area contributed by atoms with Gasteiger partial charge in [-0.2, -0.15) is 0 Å². The third-order valence-corrected chi connectivity index (χ3v) is 4.27. The van der Waals surface area contributed by atoms with Crippen LogP contribution < -0.4 is 0 Å². The van der Waals surface area contributed by atoms with Crippen LogP contribution in [-0.2, 0) is 16.1 Å². The van der Waals surface area contributed by atoms with Crippen molar-refractivity contribution in [1.29, 1.82) is 0 Å². The molecule has 1 aromatic rings. The predicted octanol–water partition coefficient (Wildman–Crippen LogP) is 3.17. The molecule has 1 atom stereocenters. The van der Waals surface area contributed by atoms with Gasteiger partial charge in [-0.05, 0) is 25.7 Å². The van der Waals surface area contributed by atoms with E-state index in [1.54, 1.807) is 0 Å². The molecule has 0 radical (unpaired) electrons. The third kappa shape index (κ3) is 4.56. The summed E-state index contributed by atoms with van der Waals surface area (Å²) < 4.78 is 9.95. The first-order chi connectivity index (χ1) is 11.1. The Bertz CT molecular complexity index is 536. The van der Waals surface area contributed by atoms with E-state index in [0.29, 0.717) is 12.4 Å². The number of amides is 1. The number of carbonyl (C=O) groups is 2. The van der Waals surface area contributed by atoms with Crippen molar-refractivity contribution < 1.29 is 18.7 Å². The van der Waals surface area contributed by atoms with Crippen molar-refractivity contribution in [1.82, 2.24) is 9.88 Å². The molecule has 0 spiro atoms. The summed E-state index contributed by atoms with van der Waals surface area (Å²) in [7, 11) is 1.30. The van der Waals surface area contributed by atoms with Crippen LogP contribution in [0.2, 0.25) is 0 Å². The zero-order valence-electron chi connectivity index (χ0n) is 14.2. The van der Waals surface area contributed by atoms with Crippen molar-refractivity contribution in [2.75, 3.05) is 7.11 Å². The van der Waals surface area contributed by atoms with Gasteiger partial charge in [-0.25, -0.2) is 9.78 Å².